The zero-order chi connectivity index (χ0) is 15.3. The SMILES string of the molecule is CCCNc1nc(OC(C)C(C)C)cc(C(F)(F)F)n1. The standard InChI is InChI=1S/C13H20F3N3O/c1-5-6-17-12-18-10(13(14,15)16)7-11(19-12)20-9(4)8(2)3/h7-9H,5-6H2,1-4H3,(H,17,18,19). The Bertz CT molecular complexity index is 435. The molecule has 1 rings (SSSR count). The minimum atomic E-state index is -4.52. The van der Waals surface area contributed by atoms with Crippen LogP contribution < -0.4 is 10.1 Å². The summed E-state index contributed by atoms with van der Waals surface area (Å²) in [7, 11) is 0. The lowest BCUT2D eigenvalue weighted by Gasteiger charge is -2.18. The van der Waals surface area contributed by atoms with Crippen molar-refractivity contribution in [2.75, 3.05) is 11.9 Å². The van der Waals surface area contributed by atoms with E-state index in [0.29, 0.717) is 6.54 Å². The third-order valence-electron chi connectivity index (χ3n) is 2.77. The molecular formula is C13H20F3N3O. The number of halogens is 3. The molecule has 0 saturated carbocycles. The van der Waals surface area contributed by atoms with Gasteiger partial charge in [0, 0.05) is 12.6 Å². The number of hydrogen-bond donors (Lipinski definition) is 1. The first kappa shape index (κ1) is 16.5. The van der Waals surface area contributed by atoms with Crippen LogP contribution in [0.2, 0.25) is 0 Å². The first-order valence-electron chi connectivity index (χ1n) is 6.60. The Kier molecular flexibility index (Phi) is 5.59. The van der Waals surface area contributed by atoms with Gasteiger partial charge in [0.1, 0.15) is 0 Å². The summed E-state index contributed by atoms with van der Waals surface area (Å²) in [5.74, 6) is 0.0473. The number of rotatable bonds is 6. The van der Waals surface area contributed by atoms with Gasteiger partial charge in [-0.1, -0.05) is 20.8 Å². The van der Waals surface area contributed by atoms with Gasteiger partial charge in [0.2, 0.25) is 11.8 Å². The fourth-order valence-electron chi connectivity index (χ4n) is 1.27. The molecule has 1 aromatic heterocycles. The van der Waals surface area contributed by atoms with E-state index in [2.05, 4.69) is 15.3 Å². The van der Waals surface area contributed by atoms with Crippen LogP contribution in [0.3, 0.4) is 0 Å². The quantitative estimate of drug-likeness (QED) is 0.867. The van der Waals surface area contributed by atoms with Crippen molar-refractivity contribution in [2.45, 2.75) is 46.4 Å². The van der Waals surface area contributed by atoms with Crippen molar-refractivity contribution >= 4 is 5.95 Å². The van der Waals surface area contributed by atoms with E-state index in [1.165, 1.54) is 0 Å². The fraction of sp³-hybridized carbons (Fsp3) is 0.692. The van der Waals surface area contributed by atoms with Crippen molar-refractivity contribution < 1.29 is 17.9 Å². The van der Waals surface area contributed by atoms with Crippen molar-refractivity contribution in [3.8, 4) is 5.88 Å². The van der Waals surface area contributed by atoms with Gasteiger partial charge in [0.25, 0.3) is 0 Å². The molecule has 0 spiro atoms. The Labute approximate surface area is 116 Å². The molecular weight excluding hydrogens is 271 g/mol. The molecule has 1 unspecified atom stereocenters. The van der Waals surface area contributed by atoms with E-state index in [1.807, 2.05) is 20.8 Å². The second kappa shape index (κ2) is 6.76. The molecule has 7 heteroatoms. The predicted molar refractivity (Wildman–Crippen MR) is 70.7 cm³/mol. The lowest BCUT2D eigenvalue weighted by Crippen LogP contribution is -2.21. The Hall–Kier alpha value is -1.53. The minimum absolute atomic E-state index is 0.0624. The highest BCUT2D eigenvalue weighted by atomic mass is 19.4. The van der Waals surface area contributed by atoms with Crippen LogP contribution >= 0.6 is 0 Å². The molecule has 0 bridgehead atoms. The lowest BCUT2D eigenvalue weighted by atomic mass is 10.1. The van der Waals surface area contributed by atoms with E-state index < -0.39 is 11.9 Å². The van der Waals surface area contributed by atoms with Gasteiger partial charge in [0.05, 0.1) is 6.10 Å². The van der Waals surface area contributed by atoms with Gasteiger partial charge in [0.15, 0.2) is 5.69 Å². The topological polar surface area (TPSA) is 47.0 Å². The molecule has 0 radical (unpaired) electrons. The molecule has 114 valence electrons. The summed E-state index contributed by atoms with van der Waals surface area (Å²) >= 11 is 0. The van der Waals surface area contributed by atoms with Crippen molar-refractivity contribution in [1.29, 1.82) is 0 Å². The number of ether oxygens (including phenoxy) is 1. The van der Waals surface area contributed by atoms with Gasteiger partial charge in [-0.3, -0.25) is 0 Å². The second-order valence-electron chi connectivity index (χ2n) is 4.91. The Morgan fingerprint density at radius 3 is 2.40 bits per heavy atom. The minimum Gasteiger partial charge on any atom is -0.474 e. The smallest absolute Gasteiger partial charge is 0.433 e. The van der Waals surface area contributed by atoms with Crippen LogP contribution in [0, 0.1) is 5.92 Å². The summed E-state index contributed by atoms with van der Waals surface area (Å²) in [5.41, 5.74) is -1.00. The zero-order valence-corrected chi connectivity index (χ0v) is 12.1. The van der Waals surface area contributed by atoms with Crippen molar-refractivity contribution in [3.63, 3.8) is 0 Å². The average Bonchev–Trinajstić information content (AvgIpc) is 2.34. The summed E-state index contributed by atoms with van der Waals surface area (Å²) in [6.07, 6.45) is -3.99. The van der Waals surface area contributed by atoms with Gasteiger partial charge in [-0.15, -0.1) is 0 Å². The van der Waals surface area contributed by atoms with Crippen LogP contribution in [0.5, 0.6) is 5.88 Å². The van der Waals surface area contributed by atoms with Crippen LogP contribution in [-0.2, 0) is 6.18 Å². The maximum Gasteiger partial charge on any atom is 0.433 e. The Balaban J connectivity index is 3.03. The average molecular weight is 291 g/mol. The maximum atomic E-state index is 12.8. The molecule has 0 aliphatic heterocycles. The summed E-state index contributed by atoms with van der Waals surface area (Å²) in [6, 6.07) is 0.829. The molecule has 0 aliphatic rings. The van der Waals surface area contributed by atoms with Gasteiger partial charge in [-0.05, 0) is 19.3 Å². The van der Waals surface area contributed by atoms with E-state index in [9.17, 15) is 13.2 Å². The monoisotopic (exact) mass is 291 g/mol. The summed E-state index contributed by atoms with van der Waals surface area (Å²) < 4.78 is 43.8. The molecule has 0 amide bonds. The molecule has 1 heterocycles. The molecule has 0 fully saturated rings. The number of aromatic nitrogens is 2. The van der Waals surface area contributed by atoms with E-state index in [4.69, 9.17) is 4.74 Å². The zero-order valence-electron chi connectivity index (χ0n) is 12.1. The van der Waals surface area contributed by atoms with Gasteiger partial charge in [-0.25, -0.2) is 4.98 Å². The molecule has 1 N–H and O–H groups in total. The summed E-state index contributed by atoms with van der Waals surface area (Å²) in [4.78, 5) is 7.43. The van der Waals surface area contributed by atoms with Crippen LogP contribution in [-0.4, -0.2) is 22.6 Å². The Morgan fingerprint density at radius 2 is 1.90 bits per heavy atom. The predicted octanol–water partition coefficient (Wildman–Crippen LogP) is 3.74. The number of hydrogen-bond acceptors (Lipinski definition) is 4. The van der Waals surface area contributed by atoms with Crippen LogP contribution in [0.25, 0.3) is 0 Å². The lowest BCUT2D eigenvalue weighted by molar-refractivity contribution is -0.141. The third-order valence-corrected chi connectivity index (χ3v) is 2.77. The molecule has 20 heavy (non-hydrogen) atoms. The molecule has 0 aromatic carbocycles. The van der Waals surface area contributed by atoms with Crippen LogP contribution in [0.4, 0.5) is 19.1 Å². The molecule has 4 nitrogen and oxygen atoms in total. The molecule has 0 saturated heterocycles. The second-order valence-corrected chi connectivity index (χ2v) is 4.91. The molecule has 0 aliphatic carbocycles. The largest absolute Gasteiger partial charge is 0.474 e. The van der Waals surface area contributed by atoms with E-state index in [1.54, 1.807) is 6.92 Å². The maximum absolute atomic E-state index is 12.8. The van der Waals surface area contributed by atoms with Crippen molar-refractivity contribution in [1.82, 2.24) is 9.97 Å². The highest BCUT2D eigenvalue weighted by Crippen LogP contribution is 2.30. The molecule has 1 aromatic rings. The number of alkyl halides is 3. The van der Waals surface area contributed by atoms with Crippen LogP contribution in [0.1, 0.15) is 39.8 Å². The number of nitrogens with one attached hydrogen (secondary N) is 1. The summed E-state index contributed by atoms with van der Waals surface area (Å²) in [5, 5.41) is 2.75. The third kappa shape index (κ3) is 4.86. The highest BCUT2D eigenvalue weighted by Gasteiger charge is 2.34. The highest BCUT2D eigenvalue weighted by molar-refractivity contribution is 5.32. The first-order valence-corrected chi connectivity index (χ1v) is 6.60. The van der Waals surface area contributed by atoms with E-state index >= 15 is 0 Å². The number of anilines is 1. The Morgan fingerprint density at radius 1 is 1.25 bits per heavy atom. The first-order chi connectivity index (χ1) is 9.24. The van der Waals surface area contributed by atoms with Gasteiger partial charge < -0.3 is 10.1 Å². The van der Waals surface area contributed by atoms with Crippen molar-refractivity contribution in [2.24, 2.45) is 5.92 Å². The van der Waals surface area contributed by atoms with Crippen LogP contribution in [0.15, 0.2) is 6.07 Å². The fourth-order valence-corrected chi connectivity index (χ4v) is 1.27. The summed E-state index contributed by atoms with van der Waals surface area (Å²) in [6.45, 7) is 8.04. The number of nitrogens with zero attached hydrogens (tertiary/aromatic N) is 2. The molecule has 1 atom stereocenters. The van der Waals surface area contributed by atoms with Gasteiger partial charge >= 0.3 is 6.18 Å². The van der Waals surface area contributed by atoms with E-state index in [0.717, 1.165) is 12.5 Å². The van der Waals surface area contributed by atoms with Crippen molar-refractivity contribution in [3.05, 3.63) is 11.8 Å². The normalized spacial score (nSPS) is 13.4. The van der Waals surface area contributed by atoms with E-state index in [-0.39, 0.29) is 23.9 Å². The van der Waals surface area contributed by atoms with Gasteiger partial charge in [-0.2, -0.15) is 18.2 Å².